The van der Waals surface area contributed by atoms with Crippen LogP contribution in [-0.2, 0) is 4.74 Å². The number of carboxylic acids is 1. The SMILES string of the molecule is COC1=c2c(c(=O)c(C(=O)O)cn2[C@@H]2C[C@@H]2F)=CC(F)(F)C1(F)F. The minimum absolute atomic E-state index is 0.118. The third kappa shape index (κ3) is 2.05. The number of methoxy groups -OCH3 is 1. The average Bonchev–Trinajstić information content (AvgIpc) is 3.18. The van der Waals surface area contributed by atoms with Crippen molar-refractivity contribution in [1.82, 2.24) is 4.57 Å². The van der Waals surface area contributed by atoms with Crippen molar-refractivity contribution in [2.75, 3.05) is 7.11 Å². The number of carboxylic acid groups (broad SMARTS) is 1. The molecule has 24 heavy (non-hydrogen) atoms. The normalized spacial score (nSPS) is 26.3. The smallest absolute Gasteiger partial charge is 0.371 e. The summed E-state index contributed by atoms with van der Waals surface area (Å²) in [5.74, 6) is -12.8. The van der Waals surface area contributed by atoms with Gasteiger partial charge in [0.1, 0.15) is 11.7 Å². The van der Waals surface area contributed by atoms with Crippen LogP contribution in [0, 0.1) is 0 Å². The molecule has 0 aliphatic heterocycles. The maximum Gasteiger partial charge on any atom is 0.371 e. The van der Waals surface area contributed by atoms with Gasteiger partial charge in [0.05, 0.1) is 23.7 Å². The maximum atomic E-state index is 14.0. The summed E-state index contributed by atoms with van der Waals surface area (Å²) in [4.78, 5) is 23.3. The fourth-order valence-electron chi connectivity index (χ4n) is 2.68. The Labute approximate surface area is 130 Å². The highest BCUT2D eigenvalue weighted by atomic mass is 19.3. The molecule has 1 fully saturated rings. The predicted molar refractivity (Wildman–Crippen MR) is 70.2 cm³/mol. The number of hydrogen-bond acceptors (Lipinski definition) is 3. The molecule has 1 aromatic heterocycles. The number of nitrogens with zero attached hydrogens (tertiary/aromatic N) is 1. The molecule has 1 aromatic rings. The fourth-order valence-corrected chi connectivity index (χ4v) is 2.68. The van der Waals surface area contributed by atoms with Crippen LogP contribution in [0.25, 0.3) is 11.8 Å². The van der Waals surface area contributed by atoms with Crippen molar-refractivity contribution in [2.24, 2.45) is 0 Å². The molecule has 0 unspecified atom stereocenters. The molecule has 5 nitrogen and oxygen atoms in total. The van der Waals surface area contributed by atoms with Gasteiger partial charge in [-0.3, -0.25) is 4.79 Å². The van der Waals surface area contributed by atoms with Crippen LogP contribution >= 0.6 is 0 Å². The lowest BCUT2D eigenvalue weighted by atomic mass is 10.0. The third-order valence-electron chi connectivity index (χ3n) is 3.99. The van der Waals surface area contributed by atoms with E-state index < -0.39 is 57.3 Å². The first-order valence-corrected chi connectivity index (χ1v) is 6.72. The molecule has 0 radical (unpaired) electrons. The molecule has 1 saturated carbocycles. The number of rotatable bonds is 3. The van der Waals surface area contributed by atoms with Crippen LogP contribution in [0.5, 0.6) is 0 Å². The first-order valence-electron chi connectivity index (χ1n) is 6.72. The third-order valence-corrected chi connectivity index (χ3v) is 3.99. The second-order valence-corrected chi connectivity index (χ2v) is 5.54. The van der Waals surface area contributed by atoms with Gasteiger partial charge in [-0.25, -0.2) is 9.18 Å². The lowest BCUT2D eigenvalue weighted by molar-refractivity contribution is -0.145. The number of aromatic carboxylic acids is 1. The first kappa shape index (κ1) is 16.5. The van der Waals surface area contributed by atoms with Crippen LogP contribution < -0.4 is 16.0 Å². The van der Waals surface area contributed by atoms with E-state index in [-0.39, 0.29) is 12.5 Å². The Morgan fingerprint density at radius 2 is 1.96 bits per heavy atom. The van der Waals surface area contributed by atoms with E-state index in [2.05, 4.69) is 4.74 Å². The zero-order valence-corrected chi connectivity index (χ0v) is 12.0. The van der Waals surface area contributed by atoms with Crippen LogP contribution in [0.15, 0.2) is 11.0 Å². The average molecular weight is 351 g/mol. The monoisotopic (exact) mass is 351 g/mol. The zero-order chi connectivity index (χ0) is 18.0. The fraction of sp³-hybridized carbons (Fsp3) is 0.429. The lowest BCUT2D eigenvalue weighted by Gasteiger charge is -2.29. The molecule has 1 N–H and O–H groups in total. The predicted octanol–water partition coefficient (Wildman–Crippen LogP) is 0.649. The van der Waals surface area contributed by atoms with Crippen molar-refractivity contribution in [1.29, 1.82) is 0 Å². The Hall–Kier alpha value is -2.39. The minimum atomic E-state index is -4.77. The van der Waals surface area contributed by atoms with Crippen LogP contribution in [0.2, 0.25) is 0 Å². The minimum Gasteiger partial charge on any atom is -0.493 e. The van der Waals surface area contributed by atoms with E-state index in [1.165, 1.54) is 0 Å². The van der Waals surface area contributed by atoms with Gasteiger partial charge in [-0.2, -0.15) is 17.6 Å². The van der Waals surface area contributed by atoms with Crippen molar-refractivity contribution in [3.8, 4) is 0 Å². The van der Waals surface area contributed by atoms with Crippen molar-refractivity contribution >= 4 is 17.8 Å². The van der Waals surface area contributed by atoms with Gasteiger partial charge in [-0.05, 0) is 0 Å². The summed E-state index contributed by atoms with van der Waals surface area (Å²) < 4.78 is 74.1. The molecule has 2 atom stereocenters. The van der Waals surface area contributed by atoms with Gasteiger partial charge in [-0.1, -0.05) is 0 Å². The van der Waals surface area contributed by atoms with Gasteiger partial charge < -0.3 is 14.4 Å². The first-order chi connectivity index (χ1) is 11.0. The number of aromatic nitrogens is 1. The standard InChI is InChI=1S/C14H10F5NO4/c1-24-11-9-5(3-13(16,17)14(11,18)19)10(21)6(12(22)23)4-20(9)8-2-7(8)15/h3-4,7-8H,2H2,1H3,(H,22,23)/t7-,8+/m0/s1. The summed E-state index contributed by atoms with van der Waals surface area (Å²) >= 11 is 0. The van der Waals surface area contributed by atoms with E-state index in [1.807, 2.05) is 0 Å². The second kappa shape index (κ2) is 4.81. The molecule has 3 rings (SSSR count). The van der Waals surface area contributed by atoms with Gasteiger partial charge in [0.2, 0.25) is 5.43 Å². The van der Waals surface area contributed by atoms with E-state index in [0.29, 0.717) is 13.3 Å². The van der Waals surface area contributed by atoms with Gasteiger partial charge >= 0.3 is 17.8 Å². The van der Waals surface area contributed by atoms with Crippen LogP contribution in [0.4, 0.5) is 22.0 Å². The Balaban J connectivity index is 2.56. The van der Waals surface area contributed by atoms with Gasteiger partial charge in [0, 0.05) is 18.7 Å². The molecule has 2 aliphatic carbocycles. The van der Waals surface area contributed by atoms with Gasteiger partial charge in [0.25, 0.3) is 0 Å². The summed E-state index contributed by atoms with van der Waals surface area (Å²) in [7, 11) is 0.716. The van der Waals surface area contributed by atoms with E-state index >= 15 is 0 Å². The Morgan fingerprint density at radius 3 is 2.42 bits per heavy atom. The number of alkyl halides is 5. The Bertz CT molecular complexity index is 920. The molecule has 1 heterocycles. The van der Waals surface area contributed by atoms with Crippen molar-refractivity contribution in [3.63, 3.8) is 0 Å². The quantitative estimate of drug-likeness (QED) is 0.812. The molecule has 0 aromatic carbocycles. The highest BCUT2D eigenvalue weighted by Crippen LogP contribution is 2.43. The number of pyridine rings is 1. The lowest BCUT2D eigenvalue weighted by Crippen LogP contribution is -2.58. The molecule has 0 bridgehead atoms. The van der Waals surface area contributed by atoms with Gasteiger partial charge in [0.15, 0.2) is 5.76 Å². The molecule has 0 amide bonds. The molecule has 0 spiro atoms. The molecule has 2 aliphatic rings. The van der Waals surface area contributed by atoms with E-state index in [0.717, 1.165) is 4.57 Å². The number of halogens is 5. The maximum absolute atomic E-state index is 14.0. The van der Waals surface area contributed by atoms with E-state index in [4.69, 9.17) is 5.11 Å². The Morgan fingerprint density at radius 1 is 1.38 bits per heavy atom. The molecular weight excluding hydrogens is 341 g/mol. The highest BCUT2D eigenvalue weighted by Gasteiger charge is 2.61. The largest absolute Gasteiger partial charge is 0.493 e. The highest BCUT2D eigenvalue weighted by molar-refractivity contribution is 5.87. The van der Waals surface area contributed by atoms with Crippen molar-refractivity contribution in [2.45, 2.75) is 30.5 Å². The molecular formula is C14H10F5NO4. The number of carbonyl (C=O) groups is 1. The van der Waals surface area contributed by atoms with Gasteiger partial charge in [-0.15, -0.1) is 0 Å². The topological polar surface area (TPSA) is 68.5 Å². The number of ether oxygens (including phenoxy) is 1. The van der Waals surface area contributed by atoms with Crippen LogP contribution in [0.1, 0.15) is 22.8 Å². The molecule has 130 valence electrons. The van der Waals surface area contributed by atoms with E-state index in [9.17, 15) is 31.5 Å². The second-order valence-electron chi connectivity index (χ2n) is 5.54. The van der Waals surface area contributed by atoms with Crippen molar-refractivity contribution < 1.29 is 36.6 Å². The van der Waals surface area contributed by atoms with Crippen molar-refractivity contribution in [3.05, 3.63) is 32.6 Å². The summed E-state index contributed by atoms with van der Waals surface area (Å²) in [5.41, 5.74) is -2.28. The summed E-state index contributed by atoms with van der Waals surface area (Å²) in [6.45, 7) is 0. The molecule has 0 saturated heterocycles. The zero-order valence-electron chi connectivity index (χ0n) is 12.0. The summed E-state index contributed by atoms with van der Waals surface area (Å²) in [6.07, 6.45) is -1.19. The van der Waals surface area contributed by atoms with Crippen LogP contribution in [-0.4, -0.2) is 40.8 Å². The number of hydrogen-bond donors (Lipinski definition) is 1. The number of fused-ring (bicyclic) bond motifs is 1. The summed E-state index contributed by atoms with van der Waals surface area (Å²) in [6, 6.07) is -1.03. The van der Waals surface area contributed by atoms with E-state index in [1.54, 1.807) is 0 Å². The molecule has 10 heteroatoms. The Kier molecular flexibility index (Phi) is 3.30. The summed E-state index contributed by atoms with van der Waals surface area (Å²) in [5, 5.41) is 7.35. The van der Waals surface area contributed by atoms with Crippen LogP contribution in [0.3, 0.4) is 0 Å².